The van der Waals surface area contributed by atoms with Crippen molar-refractivity contribution < 1.29 is 9.66 Å². The molecule has 14 heavy (non-hydrogen) atoms. The smallest absolute Gasteiger partial charge is 0.263 e. The summed E-state index contributed by atoms with van der Waals surface area (Å²) in [5, 5.41) is 9.99. The highest BCUT2D eigenvalue weighted by Crippen LogP contribution is 2.10. The highest BCUT2D eigenvalue weighted by Gasteiger charge is 1.92. The van der Waals surface area contributed by atoms with Crippen LogP contribution in [-0.4, -0.2) is 18.6 Å². The number of benzene rings is 1. The third kappa shape index (κ3) is 3.15. The van der Waals surface area contributed by atoms with E-state index in [1.807, 2.05) is 0 Å². The molecule has 1 rings (SSSR count). The van der Waals surface area contributed by atoms with Crippen LogP contribution in [0, 0.1) is 22.0 Å². The Kier molecular flexibility index (Phi) is 3.50. The molecule has 0 saturated carbocycles. The predicted molar refractivity (Wildman–Crippen MR) is 51.7 cm³/mol. The first-order valence-corrected chi connectivity index (χ1v) is 3.97. The Morgan fingerprint density at radius 3 is 3.00 bits per heavy atom. The molecule has 0 bridgehead atoms. The van der Waals surface area contributed by atoms with E-state index >= 15 is 0 Å². The number of hydrogen-bond acceptors (Lipinski definition) is 3. The van der Waals surface area contributed by atoms with E-state index in [9.17, 15) is 10.1 Å². The molecule has 0 aliphatic heterocycles. The second kappa shape index (κ2) is 4.87. The summed E-state index contributed by atoms with van der Waals surface area (Å²) in [6.45, 7) is -0.336. The highest BCUT2D eigenvalue weighted by atomic mass is 16.6. The van der Waals surface area contributed by atoms with Gasteiger partial charge in [-0.15, -0.1) is 0 Å². The summed E-state index contributed by atoms with van der Waals surface area (Å²) >= 11 is 0. The largest absolute Gasteiger partial charge is 0.497 e. The highest BCUT2D eigenvalue weighted by molar-refractivity contribution is 5.39. The fraction of sp³-hybridized carbons (Fsp3) is 0.200. The maximum Gasteiger partial charge on any atom is 0.263 e. The van der Waals surface area contributed by atoms with Gasteiger partial charge in [-0.1, -0.05) is 12.0 Å². The summed E-state index contributed by atoms with van der Waals surface area (Å²) in [7, 11) is 1.56. The van der Waals surface area contributed by atoms with Gasteiger partial charge < -0.3 is 4.74 Å². The molecule has 0 aliphatic carbocycles. The van der Waals surface area contributed by atoms with Gasteiger partial charge in [0, 0.05) is 10.5 Å². The van der Waals surface area contributed by atoms with Gasteiger partial charge in [0.15, 0.2) is 0 Å². The van der Waals surface area contributed by atoms with Crippen molar-refractivity contribution in [3.63, 3.8) is 0 Å². The maximum atomic E-state index is 9.99. The molecule has 0 heterocycles. The molecule has 1 aromatic carbocycles. The number of nitrogens with zero attached hydrogens (tertiary/aromatic N) is 1. The van der Waals surface area contributed by atoms with E-state index in [0.717, 1.165) is 0 Å². The Bertz CT molecular complexity index is 390. The first-order chi connectivity index (χ1) is 6.72. The first kappa shape index (κ1) is 10.1. The first-order valence-electron chi connectivity index (χ1n) is 3.97. The lowest BCUT2D eigenvalue weighted by Crippen LogP contribution is -1.96. The van der Waals surface area contributed by atoms with Crippen LogP contribution in [0.1, 0.15) is 5.56 Å². The zero-order valence-corrected chi connectivity index (χ0v) is 7.69. The zero-order valence-electron chi connectivity index (χ0n) is 7.69. The normalized spacial score (nSPS) is 8.64. The maximum absolute atomic E-state index is 9.99. The zero-order chi connectivity index (χ0) is 10.4. The molecule has 0 aromatic heterocycles. The lowest BCUT2D eigenvalue weighted by molar-refractivity contribution is -0.466. The van der Waals surface area contributed by atoms with Gasteiger partial charge in [-0.3, -0.25) is 10.1 Å². The number of hydrogen-bond donors (Lipinski definition) is 0. The second-order valence-corrected chi connectivity index (χ2v) is 2.52. The van der Waals surface area contributed by atoms with Crippen molar-refractivity contribution in [1.29, 1.82) is 0 Å². The molecule has 72 valence electrons. The van der Waals surface area contributed by atoms with E-state index in [1.165, 1.54) is 0 Å². The minimum absolute atomic E-state index is 0.336. The molecular formula is C10H9NO3. The molecule has 0 spiro atoms. The van der Waals surface area contributed by atoms with Crippen LogP contribution in [-0.2, 0) is 0 Å². The third-order valence-corrected chi connectivity index (χ3v) is 1.51. The standard InChI is InChI=1S/C10H9NO3/c1-14-10-6-2-4-9(8-10)5-3-7-11(12)13/h2,4,6,8H,7H2,1H3. The molecule has 0 amide bonds. The summed E-state index contributed by atoms with van der Waals surface area (Å²) in [6.07, 6.45) is 0. The monoisotopic (exact) mass is 191 g/mol. The van der Waals surface area contributed by atoms with E-state index in [-0.39, 0.29) is 6.54 Å². The molecular weight excluding hydrogens is 182 g/mol. The second-order valence-electron chi connectivity index (χ2n) is 2.52. The van der Waals surface area contributed by atoms with E-state index in [4.69, 9.17) is 4.74 Å². The predicted octanol–water partition coefficient (Wildman–Crippen LogP) is 1.32. The van der Waals surface area contributed by atoms with Gasteiger partial charge in [0.1, 0.15) is 5.75 Å². The van der Waals surface area contributed by atoms with Crippen LogP contribution >= 0.6 is 0 Å². The van der Waals surface area contributed by atoms with Crippen LogP contribution in [0.5, 0.6) is 5.75 Å². The van der Waals surface area contributed by atoms with E-state index in [0.29, 0.717) is 11.3 Å². The van der Waals surface area contributed by atoms with Crippen LogP contribution in [0.2, 0.25) is 0 Å². The summed E-state index contributed by atoms with van der Waals surface area (Å²) in [5.74, 6) is 5.82. The van der Waals surface area contributed by atoms with Crippen molar-refractivity contribution in [2.24, 2.45) is 0 Å². The molecule has 4 nitrogen and oxygen atoms in total. The number of rotatable bonds is 2. The van der Waals surface area contributed by atoms with Gasteiger partial charge in [0.05, 0.1) is 7.11 Å². The SMILES string of the molecule is COc1cccc(C#CC[N+](=O)[O-])c1. The lowest BCUT2D eigenvalue weighted by Gasteiger charge is -1.97. The van der Waals surface area contributed by atoms with Crippen LogP contribution in [0.15, 0.2) is 24.3 Å². The van der Waals surface area contributed by atoms with Crippen molar-refractivity contribution in [2.45, 2.75) is 0 Å². The quantitative estimate of drug-likeness (QED) is 0.402. The van der Waals surface area contributed by atoms with E-state index < -0.39 is 4.92 Å². The third-order valence-electron chi connectivity index (χ3n) is 1.51. The average molecular weight is 191 g/mol. The Morgan fingerprint density at radius 1 is 1.57 bits per heavy atom. The molecule has 0 radical (unpaired) electrons. The fourth-order valence-corrected chi connectivity index (χ4v) is 0.907. The summed E-state index contributed by atoms with van der Waals surface area (Å²) in [4.78, 5) is 9.53. The Morgan fingerprint density at radius 2 is 2.36 bits per heavy atom. The van der Waals surface area contributed by atoms with Crippen LogP contribution < -0.4 is 4.74 Å². The van der Waals surface area contributed by atoms with Crippen molar-refractivity contribution in [3.8, 4) is 17.6 Å². The van der Waals surface area contributed by atoms with Crippen LogP contribution in [0.3, 0.4) is 0 Å². The van der Waals surface area contributed by atoms with Gasteiger partial charge in [0.25, 0.3) is 6.54 Å². The summed E-state index contributed by atoms with van der Waals surface area (Å²) in [6, 6.07) is 7.08. The molecule has 0 saturated heterocycles. The minimum Gasteiger partial charge on any atom is -0.497 e. The van der Waals surface area contributed by atoms with Crippen LogP contribution in [0.25, 0.3) is 0 Å². The van der Waals surface area contributed by atoms with Crippen molar-refractivity contribution in [2.75, 3.05) is 13.7 Å². The Labute approximate surface area is 81.7 Å². The average Bonchev–Trinajstić information content (AvgIpc) is 2.18. The number of nitro groups is 1. The number of ether oxygens (including phenoxy) is 1. The van der Waals surface area contributed by atoms with Gasteiger partial charge in [-0.25, -0.2) is 0 Å². The molecule has 0 fully saturated rings. The Hall–Kier alpha value is -2.02. The molecule has 0 aliphatic rings. The topological polar surface area (TPSA) is 52.4 Å². The van der Waals surface area contributed by atoms with Gasteiger partial charge in [-0.2, -0.15) is 0 Å². The van der Waals surface area contributed by atoms with Crippen molar-refractivity contribution in [1.82, 2.24) is 0 Å². The van der Waals surface area contributed by atoms with Crippen molar-refractivity contribution >= 4 is 0 Å². The van der Waals surface area contributed by atoms with E-state index in [1.54, 1.807) is 31.4 Å². The van der Waals surface area contributed by atoms with Gasteiger partial charge in [-0.05, 0) is 24.1 Å². The molecule has 0 atom stereocenters. The minimum atomic E-state index is -0.465. The molecule has 0 unspecified atom stereocenters. The van der Waals surface area contributed by atoms with Gasteiger partial charge >= 0.3 is 0 Å². The van der Waals surface area contributed by atoms with Gasteiger partial charge in [0.2, 0.25) is 0 Å². The molecule has 1 aromatic rings. The van der Waals surface area contributed by atoms with Crippen molar-refractivity contribution in [3.05, 3.63) is 39.9 Å². The molecule has 0 N–H and O–H groups in total. The lowest BCUT2D eigenvalue weighted by atomic mass is 10.2. The summed E-state index contributed by atoms with van der Waals surface area (Å²) < 4.78 is 4.98. The number of methoxy groups -OCH3 is 1. The molecule has 4 heteroatoms. The summed E-state index contributed by atoms with van der Waals surface area (Å²) in [5.41, 5.74) is 0.714. The Balaban J connectivity index is 2.74. The van der Waals surface area contributed by atoms with E-state index in [2.05, 4.69) is 11.8 Å². The van der Waals surface area contributed by atoms with Crippen LogP contribution in [0.4, 0.5) is 0 Å². The fourth-order valence-electron chi connectivity index (χ4n) is 0.907.